The molecule has 1 aliphatic heterocycles. The maximum Gasteiger partial charge on any atom is 0.253 e. The van der Waals surface area contributed by atoms with Crippen LogP contribution in [0.25, 0.3) is 0 Å². The Morgan fingerprint density at radius 2 is 2.10 bits per heavy atom. The Labute approximate surface area is 127 Å². The molecule has 1 aliphatic rings. The van der Waals surface area contributed by atoms with Crippen molar-refractivity contribution in [3.63, 3.8) is 0 Å². The van der Waals surface area contributed by atoms with Crippen LogP contribution in [0.2, 0.25) is 0 Å². The summed E-state index contributed by atoms with van der Waals surface area (Å²) in [7, 11) is 2.04. The van der Waals surface area contributed by atoms with Crippen LogP contribution in [0.5, 0.6) is 0 Å². The van der Waals surface area contributed by atoms with Crippen molar-refractivity contribution in [1.29, 1.82) is 0 Å². The molecule has 2 rings (SSSR count). The third kappa shape index (κ3) is 3.76. The second-order valence-corrected chi connectivity index (χ2v) is 5.96. The topological polar surface area (TPSA) is 43.8 Å². The number of nitrogens with zero attached hydrogens (tertiary/aromatic N) is 2. The fraction of sp³-hybridized carbons (Fsp3) is 0.588. The maximum atomic E-state index is 12.5. The van der Waals surface area contributed by atoms with Gasteiger partial charge in [-0.1, -0.05) is 0 Å². The van der Waals surface area contributed by atoms with Crippen LogP contribution in [-0.2, 0) is 0 Å². The summed E-state index contributed by atoms with van der Waals surface area (Å²) in [6, 6.07) is 7.78. The molecule has 0 aromatic heterocycles. The first-order valence-corrected chi connectivity index (χ1v) is 7.81. The molecule has 0 saturated carbocycles. The Balaban J connectivity index is 2.05. The number of anilines is 1. The smallest absolute Gasteiger partial charge is 0.253 e. The van der Waals surface area contributed by atoms with Crippen molar-refractivity contribution in [1.82, 2.24) is 4.90 Å². The molecule has 1 N–H and O–H groups in total. The zero-order valence-electron chi connectivity index (χ0n) is 13.2. The summed E-state index contributed by atoms with van der Waals surface area (Å²) in [4.78, 5) is 16.6. The number of amides is 1. The third-order valence-electron chi connectivity index (χ3n) is 4.46. The minimum Gasteiger partial charge on any atom is -0.393 e. The second-order valence-electron chi connectivity index (χ2n) is 5.96. The molecule has 4 heteroatoms. The Morgan fingerprint density at radius 1 is 1.43 bits per heavy atom. The molecule has 1 aromatic carbocycles. The van der Waals surface area contributed by atoms with Crippen LogP contribution in [0.3, 0.4) is 0 Å². The van der Waals surface area contributed by atoms with Crippen LogP contribution < -0.4 is 4.90 Å². The van der Waals surface area contributed by atoms with E-state index in [0.717, 1.165) is 37.2 Å². The first kappa shape index (κ1) is 15.8. The highest BCUT2D eigenvalue weighted by Crippen LogP contribution is 2.22. The largest absolute Gasteiger partial charge is 0.393 e. The van der Waals surface area contributed by atoms with E-state index in [1.54, 1.807) is 0 Å². The van der Waals surface area contributed by atoms with Gasteiger partial charge >= 0.3 is 0 Å². The summed E-state index contributed by atoms with van der Waals surface area (Å²) in [5.74, 6) is 0.277. The van der Waals surface area contributed by atoms with E-state index < -0.39 is 0 Å². The molecule has 0 bridgehead atoms. The average molecular weight is 290 g/mol. The predicted octanol–water partition coefficient (Wildman–Crippen LogP) is 2.38. The van der Waals surface area contributed by atoms with Gasteiger partial charge in [0.05, 0.1) is 6.10 Å². The molecule has 1 aromatic rings. The third-order valence-corrected chi connectivity index (χ3v) is 4.46. The molecule has 1 heterocycles. The van der Waals surface area contributed by atoms with E-state index in [1.165, 1.54) is 0 Å². The monoisotopic (exact) mass is 290 g/mol. The molecular formula is C17H26N2O2. The molecular weight excluding hydrogens is 264 g/mol. The number of likely N-dealkylation sites (tertiary alicyclic amines) is 1. The van der Waals surface area contributed by atoms with E-state index in [1.807, 2.05) is 43.1 Å². The first-order chi connectivity index (χ1) is 10.0. The number of hydrogen-bond acceptors (Lipinski definition) is 3. The molecule has 1 fully saturated rings. The minimum atomic E-state index is -0.346. The van der Waals surface area contributed by atoms with Crippen molar-refractivity contribution < 1.29 is 9.90 Å². The zero-order chi connectivity index (χ0) is 15.4. The lowest BCUT2D eigenvalue weighted by molar-refractivity contribution is 0.0466. The summed E-state index contributed by atoms with van der Waals surface area (Å²) in [5.41, 5.74) is 1.85. The maximum absolute atomic E-state index is 12.5. The Morgan fingerprint density at radius 3 is 2.67 bits per heavy atom. The van der Waals surface area contributed by atoms with Gasteiger partial charge in [-0.15, -0.1) is 0 Å². The Hall–Kier alpha value is -1.55. The lowest BCUT2D eigenvalue weighted by Gasteiger charge is -2.34. The van der Waals surface area contributed by atoms with E-state index in [4.69, 9.17) is 0 Å². The molecule has 2 atom stereocenters. The number of aliphatic hydroxyl groups excluding tert-OH is 1. The molecule has 116 valence electrons. The van der Waals surface area contributed by atoms with Crippen LogP contribution in [0, 0.1) is 5.92 Å². The summed E-state index contributed by atoms with van der Waals surface area (Å²) in [6.45, 7) is 6.30. The van der Waals surface area contributed by atoms with E-state index in [-0.39, 0.29) is 17.9 Å². The van der Waals surface area contributed by atoms with Gasteiger partial charge in [0.1, 0.15) is 0 Å². The summed E-state index contributed by atoms with van der Waals surface area (Å²) in [5, 5.41) is 9.73. The Bertz CT molecular complexity index is 470. The highest BCUT2D eigenvalue weighted by molar-refractivity contribution is 5.94. The average Bonchev–Trinajstić information content (AvgIpc) is 2.53. The molecule has 1 amide bonds. The lowest BCUT2D eigenvalue weighted by atomic mass is 9.93. The molecule has 0 spiro atoms. The summed E-state index contributed by atoms with van der Waals surface area (Å²) >= 11 is 0. The number of rotatable bonds is 4. The number of aliphatic hydroxyl groups is 1. The fourth-order valence-electron chi connectivity index (χ4n) is 2.81. The van der Waals surface area contributed by atoms with Gasteiger partial charge in [0.15, 0.2) is 0 Å². The highest BCUT2D eigenvalue weighted by atomic mass is 16.3. The van der Waals surface area contributed by atoms with Crippen molar-refractivity contribution in [2.75, 3.05) is 31.6 Å². The standard InChI is InChI=1S/C17H26N2O2/c1-4-18(3)16-9-7-14(8-10-16)17(21)19-11-5-6-15(12-19)13(2)20/h7-10,13,15,20H,4-6,11-12H2,1-3H3. The van der Waals surface area contributed by atoms with Crippen LogP contribution in [0.4, 0.5) is 5.69 Å². The van der Waals surface area contributed by atoms with Crippen molar-refractivity contribution in [3.05, 3.63) is 29.8 Å². The van der Waals surface area contributed by atoms with Crippen molar-refractivity contribution in [3.8, 4) is 0 Å². The van der Waals surface area contributed by atoms with Crippen LogP contribution in [0.1, 0.15) is 37.0 Å². The molecule has 4 nitrogen and oxygen atoms in total. The van der Waals surface area contributed by atoms with Crippen LogP contribution >= 0.6 is 0 Å². The normalized spacial score (nSPS) is 20.2. The Kier molecular flexibility index (Phi) is 5.23. The number of carbonyl (C=O) groups is 1. The molecule has 21 heavy (non-hydrogen) atoms. The SMILES string of the molecule is CCN(C)c1ccc(C(=O)N2CCCC(C(C)O)C2)cc1. The number of carbonyl (C=O) groups excluding carboxylic acids is 1. The van der Waals surface area contributed by atoms with Crippen LogP contribution in [-0.4, -0.2) is 48.7 Å². The van der Waals surface area contributed by atoms with Gasteiger partial charge in [-0.05, 0) is 51.0 Å². The molecule has 0 aliphatic carbocycles. The molecule has 0 radical (unpaired) electrons. The van der Waals surface area contributed by atoms with E-state index >= 15 is 0 Å². The lowest BCUT2D eigenvalue weighted by Crippen LogP contribution is -2.42. The van der Waals surface area contributed by atoms with E-state index in [9.17, 15) is 9.90 Å². The number of hydrogen-bond donors (Lipinski definition) is 1. The highest BCUT2D eigenvalue weighted by Gasteiger charge is 2.26. The fourth-order valence-corrected chi connectivity index (χ4v) is 2.81. The van der Waals surface area contributed by atoms with Gasteiger partial charge in [0.2, 0.25) is 0 Å². The van der Waals surface area contributed by atoms with Gasteiger partial charge in [0, 0.05) is 43.9 Å². The zero-order valence-corrected chi connectivity index (χ0v) is 13.2. The predicted molar refractivity (Wildman–Crippen MR) is 85.7 cm³/mol. The van der Waals surface area contributed by atoms with Gasteiger partial charge in [-0.25, -0.2) is 0 Å². The van der Waals surface area contributed by atoms with Crippen LogP contribution in [0.15, 0.2) is 24.3 Å². The number of piperidine rings is 1. The summed E-state index contributed by atoms with van der Waals surface area (Å²) < 4.78 is 0. The second kappa shape index (κ2) is 6.94. The van der Waals surface area contributed by atoms with Gasteiger partial charge in [-0.2, -0.15) is 0 Å². The minimum absolute atomic E-state index is 0.0750. The van der Waals surface area contributed by atoms with Gasteiger partial charge in [0.25, 0.3) is 5.91 Å². The van der Waals surface area contributed by atoms with Crippen molar-refractivity contribution in [2.24, 2.45) is 5.92 Å². The molecule has 1 saturated heterocycles. The van der Waals surface area contributed by atoms with E-state index in [0.29, 0.717) is 6.54 Å². The van der Waals surface area contributed by atoms with Crippen molar-refractivity contribution in [2.45, 2.75) is 32.8 Å². The molecule has 2 unspecified atom stereocenters. The van der Waals surface area contributed by atoms with E-state index in [2.05, 4.69) is 11.8 Å². The first-order valence-electron chi connectivity index (χ1n) is 7.81. The number of benzene rings is 1. The van der Waals surface area contributed by atoms with Gasteiger partial charge < -0.3 is 14.9 Å². The van der Waals surface area contributed by atoms with Crippen molar-refractivity contribution >= 4 is 11.6 Å². The summed E-state index contributed by atoms with van der Waals surface area (Å²) in [6.07, 6.45) is 1.63. The quantitative estimate of drug-likeness (QED) is 0.926. The van der Waals surface area contributed by atoms with Gasteiger partial charge in [-0.3, -0.25) is 4.79 Å².